The number of rotatable bonds is 1. The Morgan fingerprint density at radius 3 is 2.57 bits per heavy atom. The Bertz CT molecular complexity index is 304. The molecule has 1 aliphatic heterocycles. The zero-order valence-electron chi connectivity index (χ0n) is 10.0. The maximum Gasteiger partial charge on any atom is 1.00 e. The Hall–Kier alpha value is -0.603. The number of aryl methyl sites for hydroxylation is 1. The van der Waals surface area contributed by atoms with Gasteiger partial charge in [0.1, 0.15) is 0 Å². The van der Waals surface area contributed by atoms with Gasteiger partial charge < -0.3 is 4.74 Å². The van der Waals surface area contributed by atoms with Gasteiger partial charge in [-0.05, 0) is 31.7 Å². The quantitative estimate of drug-likeness (QED) is 0.638. The molecular formula is C12H19OSi+. The fraction of sp³-hybridized carbons (Fsp3) is 0.500. The van der Waals surface area contributed by atoms with Gasteiger partial charge in [-0.25, -0.2) is 0 Å². The van der Waals surface area contributed by atoms with Crippen LogP contribution < -0.4 is 0 Å². The molecule has 14 heavy (non-hydrogen) atoms. The van der Waals surface area contributed by atoms with Crippen molar-refractivity contribution in [3.8, 4) is 0 Å². The van der Waals surface area contributed by atoms with Crippen molar-refractivity contribution < 1.29 is 6.16 Å². The SMILES string of the molecule is Cc1ccc(C2([SiH3])CCCCO2)cc1.[H+]. The normalized spacial score (nSPS) is 27.8. The summed E-state index contributed by atoms with van der Waals surface area (Å²) in [5, 5.41) is 0.103. The molecule has 1 saturated heterocycles. The molecule has 0 radical (unpaired) electrons. The summed E-state index contributed by atoms with van der Waals surface area (Å²) in [7, 11) is 1.09. The Balaban J connectivity index is 0.00000112. The minimum atomic E-state index is 0. The third kappa shape index (κ3) is 1.91. The second-order valence-corrected chi connectivity index (χ2v) is 6.02. The van der Waals surface area contributed by atoms with Crippen molar-refractivity contribution in [1.82, 2.24) is 0 Å². The van der Waals surface area contributed by atoms with Crippen molar-refractivity contribution in [2.45, 2.75) is 31.4 Å². The topological polar surface area (TPSA) is 9.23 Å². The van der Waals surface area contributed by atoms with Gasteiger partial charge in [0.2, 0.25) is 0 Å². The summed E-state index contributed by atoms with van der Waals surface area (Å²) in [6.45, 7) is 3.07. The summed E-state index contributed by atoms with van der Waals surface area (Å²) in [4.78, 5) is 0. The van der Waals surface area contributed by atoms with E-state index in [4.69, 9.17) is 4.74 Å². The molecule has 2 rings (SSSR count). The zero-order chi connectivity index (χ0) is 10.0. The number of hydrogen-bond acceptors (Lipinski definition) is 1. The van der Waals surface area contributed by atoms with Gasteiger partial charge in [0.05, 0.1) is 5.22 Å². The Labute approximate surface area is 90.4 Å². The molecular weight excluding hydrogens is 188 g/mol. The van der Waals surface area contributed by atoms with Gasteiger partial charge in [-0.2, -0.15) is 0 Å². The van der Waals surface area contributed by atoms with Crippen LogP contribution in [0.15, 0.2) is 24.3 Å². The van der Waals surface area contributed by atoms with Crippen LogP contribution in [0.4, 0.5) is 0 Å². The molecule has 0 N–H and O–H groups in total. The maximum atomic E-state index is 5.95. The highest BCUT2D eigenvalue weighted by molar-refractivity contribution is 6.14. The molecule has 0 amide bonds. The van der Waals surface area contributed by atoms with Crippen molar-refractivity contribution in [3.63, 3.8) is 0 Å². The lowest BCUT2D eigenvalue weighted by atomic mass is 9.99. The Kier molecular flexibility index (Phi) is 2.75. The summed E-state index contributed by atoms with van der Waals surface area (Å²) in [5.74, 6) is 0. The Morgan fingerprint density at radius 1 is 1.29 bits per heavy atom. The summed E-state index contributed by atoms with van der Waals surface area (Å²) in [5.41, 5.74) is 2.71. The van der Waals surface area contributed by atoms with Gasteiger partial charge in [-0.1, -0.05) is 29.8 Å². The molecule has 0 aromatic heterocycles. The molecule has 0 bridgehead atoms. The van der Waals surface area contributed by atoms with Crippen LogP contribution in [0, 0.1) is 6.92 Å². The van der Waals surface area contributed by atoms with E-state index in [1.54, 1.807) is 0 Å². The van der Waals surface area contributed by atoms with Crippen LogP contribution in [0.2, 0.25) is 0 Å². The third-order valence-corrected chi connectivity index (χ3v) is 4.50. The molecule has 1 aromatic carbocycles. The molecule has 76 valence electrons. The molecule has 1 unspecified atom stereocenters. The molecule has 1 heterocycles. The van der Waals surface area contributed by atoms with Crippen LogP contribution >= 0.6 is 0 Å². The van der Waals surface area contributed by atoms with Crippen LogP contribution in [0.5, 0.6) is 0 Å². The van der Waals surface area contributed by atoms with Gasteiger partial charge in [0, 0.05) is 16.8 Å². The van der Waals surface area contributed by atoms with E-state index in [0.29, 0.717) is 0 Å². The van der Waals surface area contributed by atoms with E-state index in [2.05, 4.69) is 31.2 Å². The summed E-state index contributed by atoms with van der Waals surface area (Å²) >= 11 is 0. The van der Waals surface area contributed by atoms with E-state index in [1.807, 2.05) is 0 Å². The molecule has 0 saturated carbocycles. The number of hydrogen-bond donors (Lipinski definition) is 0. The smallest absolute Gasteiger partial charge is 0.375 e. The first kappa shape index (κ1) is 9.93. The van der Waals surface area contributed by atoms with E-state index in [1.165, 1.54) is 30.4 Å². The first-order chi connectivity index (χ1) is 6.71. The van der Waals surface area contributed by atoms with Gasteiger partial charge >= 0.3 is 1.43 Å². The highest BCUT2D eigenvalue weighted by Gasteiger charge is 2.29. The molecule has 1 atom stereocenters. The molecule has 1 fully saturated rings. The van der Waals surface area contributed by atoms with Crippen LogP contribution in [-0.2, 0) is 9.96 Å². The van der Waals surface area contributed by atoms with Gasteiger partial charge in [-0.15, -0.1) is 0 Å². The van der Waals surface area contributed by atoms with E-state index in [0.717, 1.165) is 16.8 Å². The third-order valence-electron chi connectivity index (χ3n) is 3.13. The number of benzene rings is 1. The second kappa shape index (κ2) is 3.87. The van der Waals surface area contributed by atoms with Gasteiger partial charge in [0.25, 0.3) is 0 Å². The summed E-state index contributed by atoms with van der Waals surface area (Å²) in [6.07, 6.45) is 3.76. The Morgan fingerprint density at radius 2 is 2.00 bits per heavy atom. The fourth-order valence-corrected chi connectivity index (χ4v) is 2.96. The van der Waals surface area contributed by atoms with Crippen molar-refractivity contribution in [2.24, 2.45) is 0 Å². The largest absolute Gasteiger partial charge is 1.00 e. The lowest BCUT2D eigenvalue weighted by Crippen LogP contribution is -2.33. The van der Waals surface area contributed by atoms with E-state index in [9.17, 15) is 0 Å². The fourth-order valence-electron chi connectivity index (χ4n) is 2.07. The molecule has 0 spiro atoms. The monoisotopic (exact) mass is 207 g/mol. The summed E-state index contributed by atoms with van der Waals surface area (Å²) < 4.78 is 5.95. The molecule has 1 aliphatic rings. The first-order valence-corrected chi connectivity index (χ1v) is 6.42. The van der Waals surface area contributed by atoms with Crippen LogP contribution in [0.25, 0.3) is 0 Å². The minimum Gasteiger partial charge on any atom is -0.375 e. The van der Waals surface area contributed by atoms with E-state index >= 15 is 0 Å². The van der Waals surface area contributed by atoms with Crippen LogP contribution in [-0.4, -0.2) is 16.8 Å². The van der Waals surface area contributed by atoms with E-state index < -0.39 is 0 Å². The zero-order valence-corrected chi connectivity index (χ0v) is 11.0. The lowest BCUT2D eigenvalue weighted by molar-refractivity contribution is -0.0210. The molecule has 2 heteroatoms. The molecule has 1 aromatic rings. The standard InChI is InChI=1S/C12H18OSi/c1-10-4-6-11(7-5-10)12(14)8-2-3-9-13-12/h4-7H,2-3,8-9H2,1,14H3/p+1. The van der Waals surface area contributed by atoms with E-state index in [-0.39, 0.29) is 6.65 Å². The van der Waals surface area contributed by atoms with Crippen molar-refractivity contribution in [1.29, 1.82) is 0 Å². The average Bonchev–Trinajstić information content (AvgIpc) is 2.19. The van der Waals surface area contributed by atoms with Crippen molar-refractivity contribution >= 4 is 10.2 Å². The predicted molar refractivity (Wildman–Crippen MR) is 63.7 cm³/mol. The molecule has 0 aliphatic carbocycles. The molecule has 1 nitrogen and oxygen atoms in total. The predicted octanol–water partition coefficient (Wildman–Crippen LogP) is 1.83. The van der Waals surface area contributed by atoms with Gasteiger partial charge in [-0.3, -0.25) is 0 Å². The highest BCUT2D eigenvalue weighted by atomic mass is 28.1. The second-order valence-electron chi connectivity index (χ2n) is 4.40. The van der Waals surface area contributed by atoms with Crippen molar-refractivity contribution in [3.05, 3.63) is 35.4 Å². The average molecular weight is 207 g/mol. The maximum absolute atomic E-state index is 5.95. The summed E-state index contributed by atoms with van der Waals surface area (Å²) in [6, 6.07) is 8.83. The van der Waals surface area contributed by atoms with Crippen molar-refractivity contribution in [2.75, 3.05) is 6.61 Å². The highest BCUT2D eigenvalue weighted by Crippen LogP contribution is 2.31. The van der Waals surface area contributed by atoms with Crippen LogP contribution in [0.1, 0.15) is 31.8 Å². The first-order valence-electron chi connectivity index (χ1n) is 5.42. The lowest BCUT2D eigenvalue weighted by Gasteiger charge is -2.34. The van der Waals surface area contributed by atoms with Crippen LogP contribution in [0.3, 0.4) is 0 Å². The van der Waals surface area contributed by atoms with Gasteiger partial charge in [0.15, 0.2) is 0 Å². The minimum absolute atomic E-state index is 0. The number of ether oxygens (including phenoxy) is 1.